The summed E-state index contributed by atoms with van der Waals surface area (Å²) in [6, 6.07) is 4.10. The Morgan fingerprint density at radius 3 is 2.62 bits per heavy atom. The van der Waals surface area contributed by atoms with Crippen LogP contribution in [0.2, 0.25) is 5.02 Å². The van der Waals surface area contributed by atoms with Crippen molar-refractivity contribution in [3.05, 3.63) is 34.6 Å². The number of amides is 1. The van der Waals surface area contributed by atoms with Crippen LogP contribution in [0.25, 0.3) is 0 Å². The van der Waals surface area contributed by atoms with Gasteiger partial charge in [0.15, 0.2) is 0 Å². The Bertz CT molecular complexity index is 525. The number of carbonyl (C=O) groups excluding carboxylic acids is 1. The second kappa shape index (κ2) is 10.4. The first-order valence-electron chi connectivity index (χ1n) is 7.52. The van der Waals surface area contributed by atoms with E-state index in [4.69, 9.17) is 11.6 Å². The van der Waals surface area contributed by atoms with Crippen LogP contribution < -0.4 is 5.32 Å². The molecule has 1 aliphatic heterocycles. The first-order chi connectivity index (χ1) is 10.5. The van der Waals surface area contributed by atoms with Gasteiger partial charge >= 0.3 is 0 Å². The van der Waals surface area contributed by atoms with E-state index in [0.717, 1.165) is 12.8 Å². The van der Waals surface area contributed by atoms with Crippen molar-refractivity contribution in [2.24, 2.45) is 0 Å². The number of hydrogen-bond acceptors (Lipinski definition) is 3. The summed E-state index contributed by atoms with van der Waals surface area (Å²) in [5, 5.41) is 3.50. The van der Waals surface area contributed by atoms with Crippen molar-refractivity contribution in [1.29, 1.82) is 0 Å². The molecule has 24 heavy (non-hydrogen) atoms. The van der Waals surface area contributed by atoms with Gasteiger partial charge in [0, 0.05) is 29.7 Å². The smallest absolute Gasteiger partial charge is 0.244 e. The van der Waals surface area contributed by atoms with Crippen LogP contribution in [0, 0.1) is 5.82 Å². The minimum Gasteiger partial charge on any atom is -0.339 e. The Kier molecular flexibility index (Phi) is 10.2. The summed E-state index contributed by atoms with van der Waals surface area (Å²) in [7, 11) is 5.44. The molecule has 1 N–H and O–H groups in total. The predicted octanol–water partition coefficient (Wildman–Crippen LogP) is 3.14. The second-order valence-electron chi connectivity index (χ2n) is 5.91. The highest BCUT2D eigenvalue weighted by atomic mass is 35.5. The van der Waals surface area contributed by atoms with E-state index in [0.29, 0.717) is 13.1 Å². The molecule has 138 valence electrons. The van der Waals surface area contributed by atoms with Crippen LogP contribution in [0.1, 0.15) is 24.4 Å². The molecule has 2 unspecified atom stereocenters. The van der Waals surface area contributed by atoms with E-state index in [9.17, 15) is 9.18 Å². The lowest BCUT2D eigenvalue weighted by atomic mass is 10.0. The molecular weight excluding hydrogens is 376 g/mol. The van der Waals surface area contributed by atoms with Gasteiger partial charge in [-0.3, -0.25) is 9.69 Å². The SMILES string of the molecule is CNC1CCCN(C(=O)C(c2c(F)cccc2Cl)N(C)C)C1.Cl.Cl. The van der Waals surface area contributed by atoms with Crippen LogP contribution in [0.15, 0.2) is 18.2 Å². The molecule has 0 radical (unpaired) electrons. The van der Waals surface area contributed by atoms with Crippen LogP contribution in [-0.2, 0) is 4.79 Å². The van der Waals surface area contributed by atoms with Gasteiger partial charge in [-0.15, -0.1) is 24.8 Å². The maximum absolute atomic E-state index is 14.2. The second-order valence-corrected chi connectivity index (χ2v) is 6.32. The molecule has 1 heterocycles. The van der Waals surface area contributed by atoms with Crippen LogP contribution >= 0.6 is 36.4 Å². The van der Waals surface area contributed by atoms with Crippen LogP contribution in [-0.4, -0.2) is 56.0 Å². The van der Waals surface area contributed by atoms with Gasteiger partial charge < -0.3 is 10.2 Å². The quantitative estimate of drug-likeness (QED) is 0.843. The van der Waals surface area contributed by atoms with E-state index >= 15 is 0 Å². The van der Waals surface area contributed by atoms with Gasteiger partial charge in [-0.1, -0.05) is 17.7 Å². The molecule has 0 aromatic heterocycles. The third-order valence-electron chi connectivity index (χ3n) is 4.16. The highest BCUT2D eigenvalue weighted by molar-refractivity contribution is 6.31. The monoisotopic (exact) mass is 399 g/mol. The number of likely N-dealkylation sites (N-methyl/N-ethyl adjacent to an activating group) is 2. The summed E-state index contributed by atoms with van der Waals surface area (Å²) in [6.45, 7) is 1.35. The van der Waals surface area contributed by atoms with Crippen LogP contribution in [0.4, 0.5) is 4.39 Å². The third-order valence-corrected chi connectivity index (χ3v) is 4.49. The molecule has 1 saturated heterocycles. The Labute approximate surface area is 160 Å². The topological polar surface area (TPSA) is 35.6 Å². The van der Waals surface area contributed by atoms with Crippen molar-refractivity contribution >= 4 is 42.3 Å². The number of rotatable bonds is 4. The number of piperidine rings is 1. The Hall–Kier alpha value is -0.590. The summed E-state index contributed by atoms with van der Waals surface area (Å²) in [6.07, 6.45) is 2.00. The number of halogens is 4. The lowest BCUT2D eigenvalue weighted by molar-refractivity contribution is -0.137. The van der Waals surface area contributed by atoms with E-state index < -0.39 is 11.9 Å². The van der Waals surface area contributed by atoms with Crippen LogP contribution in [0.3, 0.4) is 0 Å². The lowest BCUT2D eigenvalue weighted by Crippen LogP contribution is -2.50. The van der Waals surface area contributed by atoms with E-state index in [-0.39, 0.29) is 47.3 Å². The molecule has 1 aromatic carbocycles. The number of benzene rings is 1. The Morgan fingerprint density at radius 1 is 1.42 bits per heavy atom. The van der Waals surface area contributed by atoms with Gasteiger partial charge in [0.25, 0.3) is 0 Å². The number of likely N-dealkylation sites (tertiary alicyclic amines) is 1. The van der Waals surface area contributed by atoms with E-state index in [1.165, 1.54) is 6.07 Å². The van der Waals surface area contributed by atoms with Crippen molar-refractivity contribution in [3.63, 3.8) is 0 Å². The molecule has 2 rings (SSSR count). The first kappa shape index (κ1) is 23.4. The zero-order chi connectivity index (χ0) is 16.3. The van der Waals surface area contributed by atoms with Crippen molar-refractivity contribution in [1.82, 2.24) is 15.1 Å². The van der Waals surface area contributed by atoms with Gasteiger partial charge in [-0.2, -0.15) is 0 Å². The summed E-state index contributed by atoms with van der Waals surface area (Å²) < 4.78 is 14.2. The highest BCUT2D eigenvalue weighted by Gasteiger charge is 2.33. The first-order valence-corrected chi connectivity index (χ1v) is 7.90. The fourth-order valence-electron chi connectivity index (χ4n) is 2.96. The van der Waals surface area contributed by atoms with E-state index in [2.05, 4.69) is 5.32 Å². The zero-order valence-electron chi connectivity index (χ0n) is 14.1. The lowest BCUT2D eigenvalue weighted by Gasteiger charge is -2.36. The minimum absolute atomic E-state index is 0. The molecule has 4 nitrogen and oxygen atoms in total. The molecule has 8 heteroatoms. The molecular formula is C16H25Cl3FN3O. The van der Waals surface area contributed by atoms with Crippen molar-refractivity contribution in [2.45, 2.75) is 24.9 Å². The van der Waals surface area contributed by atoms with Crippen molar-refractivity contribution in [2.75, 3.05) is 34.2 Å². The average Bonchev–Trinajstić information content (AvgIpc) is 2.50. The fourth-order valence-corrected chi connectivity index (χ4v) is 3.23. The normalized spacial score (nSPS) is 18.6. The molecule has 1 amide bonds. The van der Waals surface area contributed by atoms with Gasteiger partial charge in [0.2, 0.25) is 5.91 Å². The highest BCUT2D eigenvalue weighted by Crippen LogP contribution is 2.31. The molecule has 1 aromatic rings. The van der Waals surface area contributed by atoms with Gasteiger partial charge in [0.05, 0.1) is 0 Å². The number of nitrogens with zero attached hydrogens (tertiary/aromatic N) is 2. The summed E-state index contributed by atoms with van der Waals surface area (Å²) >= 11 is 6.16. The summed E-state index contributed by atoms with van der Waals surface area (Å²) in [5.41, 5.74) is 0.255. The fraction of sp³-hybridized carbons (Fsp3) is 0.562. The number of hydrogen-bond donors (Lipinski definition) is 1. The zero-order valence-corrected chi connectivity index (χ0v) is 16.5. The molecule has 2 atom stereocenters. The van der Waals surface area contributed by atoms with E-state index in [1.807, 2.05) is 7.05 Å². The van der Waals surface area contributed by atoms with Gasteiger partial charge in [-0.25, -0.2) is 4.39 Å². The third kappa shape index (κ3) is 5.20. The van der Waals surface area contributed by atoms with Gasteiger partial charge in [-0.05, 0) is 46.1 Å². The Balaban J connectivity index is 0.00000264. The predicted molar refractivity (Wildman–Crippen MR) is 101 cm³/mol. The van der Waals surface area contributed by atoms with Crippen molar-refractivity contribution < 1.29 is 9.18 Å². The summed E-state index contributed by atoms with van der Waals surface area (Å²) in [4.78, 5) is 16.5. The minimum atomic E-state index is -0.704. The largest absolute Gasteiger partial charge is 0.339 e. The average molecular weight is 401 g/mol. The molecule has 0 spiro atoms. The molecule has 1 fully saturated rings. The van der Waals surface area contributed by atoms with Gasteiger partial charge in [0.1, 0.15) is 11.9 Å². The maximum Gasteiger partial charge on any atom is 0.244 e. The Morgan fingerprint density at radius 2 is 2.08 bits per heavy atom. The molecule has 0 aliphatic carbocycles. The van der Waals surface area contributed by atoms with Crippen LogP contribution in [0.5, 0.6) is 0 Å². The van der Waals surface area contributed by atoms with Crippen molar-refractivity contribution in [3.8, 4) is 0 Å². The molecule has 0 bridgehead atoms. The molecule has 1 aliphatic rings. The molecule has 0 saturated carbocycles. The van der Waals surface area contributed by atoms with E-state index in [1.54, 1.807) is 36.0 Å². The standard InChI is InChI=1S/C16H23ClFN3O.2ClH/c1-19-11-6-5-9-21(10-11)16(22)15(20(2)3)14-12(17)7-4-8-13(14)18;;/h4,7-8,11,15,19H,5-6,9-10H2,1-3H3;2*1H. The number of nitrogens with one attached hydrogen (secondary N) is 1. The number of carbonyl (C=O) groups is 1. The summed E-state index contributed by atoms with van der Waals surface area (Å²) in [5.74, 6) is -0.543. The maximum atomic E-state index is 14.2.